The predicted molar refractivity (Wildman–Crippen MR) is 92.6 cm³/mol. The van der Waals surface area contributed by atoms with Gasteiger partial charge in [0.05, 0.1) is 5.56 Å². The highest BCUT2D eigenvalue weighted by molar-refractivity contribution is 7.13. The molecule has 1 aromatic heterocycles. The molecule has 1 atom stereocenters. The third kappa shape index (κ3) is 4.28. The van der Waals surface area contributed by atoms with Crippen molar-refractivity contribution in [2.75, 3.05) is 19.6 Å². The lowest BCUT2D eigenvalue weighted by Crippen LogP contribution is -2.26. The highest BCUT2D eigenvalue weighted by atomic mass is 35.5. The highest BCUT2D eigenvalue weighted by Gasteiger charge is 2.18. The Morgan fingerprint density at radius 2 is 2.12 bits per heavy atom. The Morgan fingerprint density at radius 1 is 1.38 bits per heavy atom. The molecule has 2 N–H and O–H groups in total. The van der Waals surface area contributed by atoms with Crippen LogP contribution in [-0.2, 0) is 0 Å². The molecule has 0 aliphatic carbocycles. The number of carbonyl (C=O) groups excluding carboxylic acids is 1. The van der Waals surface area contributed by atoms with Crippen molar-refractivity contribution in [1.29, 1.82) is 0 Å². The molecular weight excluding hydrogens is 356 g/mol. The normalized spacial score (nSPS) is 16.7. The van der Waals surface area contributed by atoms with Gasteiger partial charge in [0.1, 0.15) is 22.3 Å². The zero-order chi connectivity index (χ0) is 16.2. The number of hydrogen-bond acceptors (Lipinski definition) is 4. The SMILES string of the molecule is Cl.O=C(NCCC1CCNC1)c1csc(-c2c(F)cccc2F)n1. The molecule has 4 nitrogen and oxygen atoms in total. The Kier molecular flexibility index (Phi) is 6.65. The number of aromatic nitrogens is 1. The Bertz CT molecular complexity index is 684. The van der Waals surface area contributed by atoms with Crippen LogP contribution >= 0.6 is 23.7 Å². The molecule has 1 fully saturated rings. The summed E-state index contributed by atoms with van der Waals surface area (Å²) in [6.07, 6.45) is 2.04. The van der Waals surface area contributed by atoms with E-state index in [1.54, 1.807) is 0 Å². The van der Waals surface area contributed by atoms with Gasteiger partial charge in [-0.15, -0.1) is 23.7 Å². The fourth-order valence-electron chi connectivity index (χ4n) is 2.64. The topological polar surface area (TPSA) is 54.0 Å². The number of carbonyl (C=O) groups is 1. The van der Waals surface area contributed by atoms with E-state index in [1.165, 1.54) is 23.6 Å². The zero-order valence-corrected chi connectivity index (χ0v) is 14.5. The minimum Gasteiger partial charge on any atom is -0.351 e. The van der Waals surface area contributed by atoms with Crippen LogP contribution in [0.3, 0.4) is 0 Å². The monoisotopic (exact) mass is 373 g/mol. The summed E-state index contributed by atoms with van der Waals surface area (Å²) in [6, 6.07) is 3.65. The molecule has 130 valence electrons. The van der Waals surface area contributed by atoms with Gasteiger partial charge in [-0.2, -0.15) is 0 Å². The first kappa shape index (κ1) is 18.8. The molecule has 2 heterocycles. The van der Waals surface area contributed by atoms with E-state index in [0.29, 0.717) is 12.5 Å². The standard InChI is InChI=1S/C16H17F2N3OS.ClH/c17-11-2-1-3-12(18)14(11)16-21-13(9-23-16)15(22)20-7-5-10-4-6-19-8-10;/h1-3,9-10,19H,4-8H2,(H,20,22);1H. The van der Waals surface area contributed by atoms with Gasteiger partial charge in [0.25, 0.3) is 5.91 Å². The third-order valence-electron chi connectivity index (χ3n) is 3.91. The van der Waals surface area contributed by atoms with Crippen molar-refractivity contribution < 1.29 is 13.6 Å². The van der Waals surface area contributed by atoms with Gasteiger partial charge in [-0.25, -0.2) is 13.8 Å². The van der Waals surface area contributed by atoms with E-state index in [0.717, 1.165) is 37.3 Å². The summed E-state index contributed by atoms with van der Waals surface area (Å²) in [7, 11) is 0. The lowest BCUT2D eigenvalue weighted by atomic mass is 10.1. The van der Waals surface area contributed by atoms with E-state index < -0.39 is 11.6 Å². The first-order valence-electron chi connectivity index (χ1n) is 7.54. The molecule has 0 bridgehead atoms. The van der Waals surface area contributed by atoms with Gasteiger partial charge in [0.2, 0.25) is 0 Å². The van der Waals surface area contributed by atoms with E-state index >= 15 is 0 Å². The van der Waals surface area contributed by atoms with Gasteiger partial charge in [-0.3, -0.25) is 4.79 Å². The van der Waals surface area contributed by atoms with Crippen molar-refractivity contribution >= 4 is 29.7 Å². The van der Waals surface area contributed by atoms with Gasteiger partial charge < -0.3 is 10.6 Å². The summed E-state index contributed by atoms with van der Waals surface area (Å²) in [5.41, 5.74) is 0.00535. The molecule has 1 saturated heterocycles. The van der Waals surface area contributed by atoms with E-state index in [4.69, 9.17) is 0 Å². The van der Waals surface area contributed by atoms with Crippen molar-refractivity contribution in [2.45, 2.75) is 12.8 Å². The number of halogens is 3. The summed E-state index contributed by atoms with van der Waals surface area (Å²) in [4.78, 5) is 16.1. The molecule has 1 aliphatic rings. The average Bonchev–Trinajstić information content (AvgIpc) is 3.18. The highest BCUT2D eigenvalue weighted by Crippen LogP contribution is 2.28. The van der Waals surface area contributed by atoms with Crippen LogP contribution in [-0.4, -0.2) is 30.5 Å². The Labute approximate surface area is 149 Å². The summed E-state index contributed by atoms with van der Waals surface area (Å²) in [6.45, 7) is 2.59. The Morgan fingerprint density at radius 3 is 2.79 bits per heavy atom. The molecule has 1 aromatic carbocycles. The molecule has 0 saturated carbocycles. The van der Waals surface area contributed by atoms with Crippen LogP contribution in [0.1, 0.15) is 23.3 Å². The van der Waals surface area contributed by atoms with Crippen molar-refractivity contribution in [3.63, 3.8) is 0 Å². The number of nitrogens with one attached hydrogen (secondary N) is 2. The zero-order valence-electron chi connectivity index (χ0n) is 12.9. The van der Waals surface area contributed by atoms with E-state index in [-0.39, 0.29) is 34.6 Å². The first-order valence-corrected chi connectivity index (χ1v) is 8.42. The number of benzene rings is 1. The van der Waals surface area contributed by atoms with Crippen LogP contribution < -0.4 is 10.6 Å². The number of nitrogens with zero attached hydrogens (tertiary/aromatic N) is 1. The van der Waals surface area contributed by atoms with Crippen LogP contribution in [0.15, 0.2) is 23.6 Å². The summed E-state index contributed by atoms with van der Waals surface area (Å²) < 4.78 is 27.5. The minimum absolute atomic E-state index is 0. The fourth-order valence-corrected chi connectivity index (χ4v) is 3.48. The van der Waals surface area contributed by atoms with Crippen molar-refractivity contribution in [1.82, 2.24) is 15.6 Å². The lowest BCUT2D eigenvalue weighted by Gasteiger charge is -2.08. The molecular formula is C16H18ClF2N3OS. The smallest absolute Gasteiger partial charge is 0.270 e. The molecule has 1 aliphatic heterocycles. The summed E-state index contributed by atoms with van der Waals surface area (Å²) in [5, 5.41) is 7.78. The molecule has 0 radical (unpaired) electrons. The first-order chi connectivity index (χ1) is 11.1. The van der Waals surface area contributed by atoms with Gasteiger partial charge >= 0.3 is 0 Å². The van der Waals surface area contributed by atoms with Crippen LogP contribution in [0.4, 0.5) is 8.78 Å². The van der Waals surface area contributed by atoms with Crippen molar-refractivity contribution in [3.8, 4) is 10.6 Å². The predicted octanol–water partition coefficient (Wildman–Crippen LogP) is 3.24. The maximum Gasteiger partial charge on any atom is 0.270 e. The fraction of sp³-hybridized carbons (Fsp3) is 0.375. The molecule has 2 aromatic rings. The maximum absolute atomic E-state index is 13.7. The quantitative estimate of drug-likeness (QED) is 0.846. The number of rotatable bonds is 5. The molecule has 1 unspecified atom stereocenters. The second-order valence-corrected chi connectivity index (χ2v) is 6.40. The minimum atomic E-state index is -0.681. The maximum atomic E-state index is 13.7. The van der Waals surface area contributed by atoms with E-state index in [1.807, 2.05) is 0 Å². The molecule has 24 heavy (non-hydrogen) atoms. The van der Waals surface area contributed by atoms with Gasteiger partial charge in [0, 0.05) is 11.9 Å². The Balaban J connectivity index is 0.00000208. The summed E-state index contributed by atoms with van der Waals surface area (Å²) >= 11 is 1.06. The molecule has 0 spiro atoms. The largest absolute Gasteiger partial charge is 0.351 e. The van der Waals surface area contributed by atoms with Crippen LogP contribution in [0.5, 0.6) is 0 Å². The van der Waals surface area contributed by atoms with Crippen molar-refractivity contribution in [2.24, 2.45) is 5.92 Å². The molecule has 1 amide bonds. The molecule has 3 rings (SSSR count). The lowest BCUT2D eigenvalue weighted by molar-refractivity contribution is 0.0947. The van der Waals surface area contributed by atoms with Crippen LogP contribution in [0.25, 0.3) is 10.6 Å². The van der Waals surface area contributed by atoms with Gasteiger partial charge in [0.15, 0.2) is 0 Å². The van der Waals surface area contributed by atoms with Gasteiger partial charge in [-0.1, -0.05) is 6.07 Å². The van der Waals surface area contributed by atoms with Gasteiger partial charge in [-0.05, 0) is 44.0 Å². The Hall–Kier alpha value is -1.57. The average molecular weight is 374 g/mol. The molecule has 8 heteroatoms. The summed E-state index contributed by atoms with van der Waals surface area (Å²) in [5.74, 6) is -1.08. The van der Waals surface area contributed by atoms with Crippen molar-refractivity contribution in [3.05, 3.63) is 40.9 Å². The van der Waals surface area contributed by atoms with E-state index in [2.05, 4.69) is 15.6 Å². The number of amides is 1. The van der Waals surface area contributed by atoms with Crippen LogP contribution in [0, 0.1) is 17.6 Å². The second-order valence-electron chi connectivity index (χ2n) is 5.54. The number of hydrogen-bond donors (Lipinski definition) is 2. The second kappa shape index (κ2) is 8.50. The number of thiazole rings is 1. The van der Waals surface area contributed by atoms with Crippen LogP contribution in [0.2, 0.25) is 0 Å². The third-order valence-corrected chi connectivity index (χ3v) is 4.77. The van der Waals surface area contributed by atoms with E-state index in [9.17, 15) is 13.6 Å².